The lowest BCUT2D eigenvalue weighted by Gasteiger charge is -2.11. The van der Waals surface area contributed by atoms with E-state index in [0.29, 0.717) is 5.56 Å². The van der Waals surface area contributed by atoms with Gasteiger partial charge in [-0.3, -0.25) is 14.8 Å². The first kappa shape index (κ1) is 18.8. The van der Waals surface area contributed by atoms with Crippen LogP contribution in [0, 0.1) is 17.0 Å². The van der Waals surface area contributed by atoms with E-state index in [2.05, 4.69) is 9.44 Å². The number of nitro benzene ring substituents is 1. The monoisotopic (exact) mass is 385 g/mol. The second-order valence-electron chi connectivity index (χ2n) is 5.04. The van der Waals surface area contributed by atoms with Gasteiger partial charge < -0.3 is 0 Å². The molecule has 0 aliphatic rings. The Hall–Kier alpha value is -2.50. The molecule has 2 aromatic carbocycles. The van der Waals surface area contributed by atoms with Crippen molar-refractivity contribution in [2.75, 3.05) is 11.8 Å². The van der Waals surface area contributed by atoms with Gasteiger partial charge in [-0.15, -0.1) is 0 Å². The van der Waals surface area contributed by atoms with Gasteiger partial charge in [-0.1, -0.05) is 6.07 Å². The summed E-state index contributed by atoms with van der Waals surface area (Å²) in [5.41, 5.74) is 0.120. The minimum absolute atomic E-state index is 0.0236. The number of hydrogen-bond donors (Lipinski definition) is 2. The van der Waals surface area contributed by atoms with E-state index in [4.69, 9.17) is 0 Å². The molecular formula is C14H15N3O6S2. The maximum Gasteiger partial charge on any atom is 0.270 e. The summed E-state index contributed by atoms with van der Waals surface area (Å²) in [5.74, 6) is 0. The Morgan fingerprint density at radius 3 is 2.08 bits per heavy atom. The third kappa shape index (κ3) is 4.13. The van der Waals surface area contributed by atoms with Crippen molar-refractivity contribution in [3.8, 4) is 0 Å². The summed E-state index contributed by atoms with van der Waals surface area (Å²) in [6.45, 7) is 1.51. The van der Waals surface area contributed by atoms with Crippen LogP contribution in [0.2, 0.25) is 0 Å². The third-order valence-corrected chi connectivity index (χ3v) is 6.31. The van der Waals surface area contributed by atoms with Crippen molar-refractivity contribution < 1.29 is 21.8 Å². The average molecular weight is 385 g/mol. The van der Waals surface area contributed by atoms with E-state index in [1.807, 2.05) is 0 Å². The molecule has 25 heavy (non-hydrogen) atoms. The van der Waals surface area contributed by atoms with E-state index in [-0.39, 0.29) is 21.2 Å². The van der Waals surface area contributed by atoms with Gasteiger partial charge in [0.15, 0.2) is 0 Å². The normalized spacial score (nSPS) is 11.9. The molecule has 0 aliphatic carbocycles. The molecule has 0 radical (unpaired) electrons. The number of sulfonamides is 2. The highest BCUT2D eigenvalue weighted by atomic mass is 32.2. The van der Waals surface area contributed by atoms with Gasteiger partial charge in [0.05, 0.1) is 14.7 Å². The lowest BCUT2D eigenvalue weighted by Crippen LogP contribution is -2.18. The van der Waals surface area contributed by atoms with Crippen LogP contribution in [0.4, 0.5) is 11.4 Å². The van der Waals surface area contributed by atoms with E-state index in [0.717, 1.165) is 6.07 Å². The topological polar surface area (TPSA) is 135 Å². The van der Waals surface area contributed by atoms with E-state index in [9.17, 15) is 26.9 Å². The van der Waals surface area contributed by atoms with Crippen LogP contribution in [0.25, 0.3) is 0 Å². The van der Waals surface area contributed by atoms with Gasteiger partial charge in [0, 0.05) is 17.8 Å². The molecule has 0 bridgehead atoms. The summed E-state index contributed by atoms with van der Waals surface area (Å²) in [7, 11) is -6.45. The highest BCUT2D eigenvalue weighted by Gasteiger charge is 2.21. The molecule has 2 rings (SSSR count). The van der Waals surface area contributed by atoms with Gasteiger partial charge >= 0.3 is 0 Å². The minimum Gasteiger partial charge on any atom is -0.280 e. The highest BCUT2D eigenvalue weighted by molar-refractivity contribution is 7.92. The summed E-state index contributed by atoms with van der Waals surface area (Å²) in [4.78, 5) is 9.90. The molecule has 0 aromatic heterocycles. The van der Waals surface area contributed by atoms with Gasteiger partial charge in [0.25, 0.3) is 15.7 Å². The van der Waals surface area contributed by atoms with E-state index in [1.165, 1.54) is 50.4 Å². The number of nitro groups is 1. The predicted octanol–water partition coefficient (Wildman–Crippen LogP) is 1.61. The molecule has 0 atom stereocenters. The second-order valence-corrected chi connectivity index (χ2v) is 8.58. The molecule has 2 aromatic rings. The lowest BCUT2D eigenvalue weighted by atomic mass is 10.2. The molecule has 0 heterocycles. The molecule has 0 saturated carbocycles. The molecule has 0 saturated heterocycles. The number of non-ortho nitro benzene ring substituents is 1. The molecule has 0 aliphatic heterocycles. The number of anilines is 1. The number of aryl methyl sites for hydroxylation is 1. The fraction of sp³-hybridized carbons (Fsp3) is 0.143. The summed E-state index contributed by atoms with van der Waals surface area (Å²) < 4.78 is 52.7. The van der Waals surface area contributed by atoms with Crippen molar-refractivity contribution in [2.45, 2.75) is 16.7 Å². The summed E-state index contributed by atoms with van der Waals surface area (Å²) in [5, 5.41) is 10.8. The number of benzene rings is 2. The number of nitrogens with one attached hydrogen (secondary N) is 2. The van der Waals surface area contributed by atoms with Crippen molar-refractivity contribution in [3.63, 3.8) is 0 Å². The average Bonchev–Trinajstić information content (AvgIpc) is 2.55. The Kier molecular flexibility index (Phi) is 5.11. The van der Waals surface area contributed by atoms with Gasteiger partial charge in [0.2, 0.25) is 10.0 Å². The van der Waals surface area contributed by atoms with Gasteiger partial charge in [0.1, 0.15) is 0 Å². The van der Waals surface area contributed by atoms with Crippen molar-refractivity contribution in [3.05, 3.63) is 58.1 Å². The van der Waals surface area contributed by atoms with Gasteiger partial charge in [-0.2, -0.15) is 0 Å². The van der Waals surface area contributed by atoms with Crippen LogP contribution in [-0.2, 0) is 20.0 Å². The minimum atomic E-state index is -4.07. The Labute approximate surface area is 144 Å². The fourth-order valence-electron chi connectivity index (χ4n) is 2.02. The Balaban J connectivity index is 2.37. The Morgan fingerprint density at radius 1 is 0.960 bits per heavy atom. The summed E-state index contributed by atoms with van der Waals surface area (Å²) in [6, 6.07) is 8.58. The molecule has 2 N–H and O–H groups in total. The molecule has 134 valence electrons. The fourth-order valence-corrected chi connectivity index (χ4v) is 4.08. The zero-order valence-electron chi connectivity index (χ0n) is 13.3. The zero-order valence-corrected chi connectivity index (χ0v) is 14.9. The molecule has 0 amide bonds. The maximum absolute atomic E-state index is 12.5. The summed E-state index contributed by atoms with van der Waals surface area (Å²) >= 11 is 0. The first-order chi connectivity index (χ1) is 11.6. The molecule has 0 fully saturated rings. The van der Waals surface area contributed by atoms with Crippen LogP contribution in [0.15, 0.2) is 52.3 Å². The predicted molar refractivity (Wildman–Crippen MR) is 91.3 cm³/mol. The standard InChI is InChI=1S/C14H15N3O6S2/c1-10-3-6-12(17(18)19)9-14(10)25(22,23)16-11-4-7-13(8-5-11)24(20,21)15-2/h3-9,15-16H,1-2H3. The second kappa shape index (κ2) is 6.78. The van der Waals surface area contributed by atoms with Crippen LogP contribution < -0.4 is 9.44 Å². The van der Waals surface area contributed by atoms with Crippen molar-refractivity contribution in [1.29, 1.82) is 0 Å². The van der Waals surface area contributed by atoms with Crippen LogP contribution in [-0.4, -0.2) is 28.8 Å². The lowest BCUT2D eigenvalue weighted by molar-refractivity contribution is -0.385. The van der Waals surface area contributed by atoms with E-state index in [1.54, 1.807) is 0 Å². The zero-order chi connectivity index (χ0) is 18.8. The maximum atomic E-state index is 12.5. The Morgan fingerprint density at radius 2 is 1.56 bits per heavy atom. The van der Waals surface area contributed by atoms with Crippen LogP contribution in [0.5, 0.6) is 0 Å². The van der Waals surface area contributed by atoms with Crippen LogP contribution in [0.1, 0.15) is 5.56 Å². The molecule has 0 spiro atoms. The number of nitrogens with zero attached hydrogens (tertiary/aromatic N) is 1. The smallest absolute Gasteiger partial charge is 0.270 e. The SMILES string of the molecule is CNS(=O)(=O)c1ccc(NS(=O)(=O)c2cc([N+](=O)[O-])ccc2C)cc1. The molecule has 9 nitrogen and oxygen atoms in total. The van der Waals surface area contributed by atoms with Crippen molar-refractivity contribution >= 4 is 31.4 Å². The van der Waals surface area contributed by atoms with E-state index >= 15 is 0 Å². The number of hydrogen-bond acceptors (Lipinski definition) is 6. The van der Waals surface area contributed by atoms with E-state index < -0.39 is 25.0 Å². The van der Waals surface area contributed by atoms with Crippen molar-refractivity contribution in [2.24, 2.45) is 0 Å². The molecular weight excluding hydrogens is 370 g/mol. The Bertz CT molecular complexity index is 1020. The van der Waals surface area contributed by atoms with Crippen molar-refractivity contribution in [1.82, 2.24) is 4.72 Å². The molecule has 0 unspecified atom stereocenters. The number of rotatable bonds is 6. The summed E-state index contributed by atoms with van der Waals surface area (Å²) in [6.07, 6.45) is 0. The first-order valence-electron chi connectivity index (χ1n) is 6.88. The third-order valence-electron chi connectivity index (χ3n) is 3.36. The van der Waals surface area contributed by atoms with Crippen LogP contribution in [0.3, 0.4) is 0 Å². The highest BCUT2D eigenvalue weighted by Crippen LogP contribution is 2.24. The largest absolute Gasteiger partial charge is 0.280 e. The van der Waals surface area contributed by atoms with Gasteiger partial charge in [-0.25, -0.2) is 21.6 Å². The quantitative estimate of drug-likeness (QED) is 0.573. The van der Waals surface area contributed by atoms with Gasteiger partial charge in [-0.05, 0) is 43.8 Å². The molecule has 11 heteroatoms. The first-order valence-corrected chi connectivity index (χ1v) is 9.85. The van der Waals surface area contributed by atoms with Crippen LogP contribution >= 0.6 is 0 Å².